The molecule has 0 unspecified atom stereocenters. The van der Waals surface area contributed by atoms with E-state index in [4.69, 9.17) is 5.11 Å². The summed E-state index contributed by atoms with van der Waals surface area (Å²) in [4.78, 5) is 19.4. The number of carboxylic acid groups (broad SMARTS) is 1. The van der Waals surface area contributed by atoms with Crippen molar-refractivity contribution in [1.29, 1.82) is 0 Å². The van der Waals surface area contributed by atoms with Gasteiger partial charge in [-0.25, -0.2) is 9.78 Å². The van der Waals surface area contributed by atoms with Gasteiger partial charge in [-0.05, 0) is 37.6 Å². The number of rotatable bonds is 2. The first-order valence-corrected chi connectivity index (χ1v) is 5.22. The summed E-state index contributed by atoms with van der Waals surface area (Å²) < 4.78 is 0. The summed E-state index contributed by atoms with van der Waals surface area (Å²) in [7, 11) is 0. The number of nitrogens with zero attached hydrogens (tertiary/aromatic N) is 2. The van der Waals surface area contributed by atoms with Crippen LogP contribution in [0.1, 0.15) is 21.7 Å². The number of pyridine rings is 2. The van der Waals surface area contributed by atoms with Crippen LogP contribution in [0.5, 0.6) is 0 Å². The second-order valence-electron chi connectivity index (χ2n) is 3.87. The molecule has 0 fully saturated rings. The van der Waals surface area contributed by atoms with Gasteiger partial charge in [-0.2, -0.15) is 0 Å². The monoisotopic (exact) mass is 228 g/mol. The maximum atomic E-state index is 11.1. The summed E-state index contributed by atoms with van der Waals surface area (Å²) in [5.74, 6) is -1.04. The molecule has 0 spiro atoms. The van der Waals surface area contributed by atoms with Gasteiger partial charge in [0.1, 0.15) is 0 Å². The van der Waals surface area contributed by atoms with E-state index in [0.29, 0.717) is 17.0 Å². The first-order chi connectivity index (χ1) is 8.08. The van der Waals surface area contributed by atoms with Crippen LogP contribution in [0.25, 0.3) is 11.3 Å². The molecule has 0 saturated carbocycles. The maximum absolute atomic E-state index is 11.1. The molecule has 2 heterocycles. The van der Waals surface area contributed by atoms with Crippen LogP contribution in [0.4, 0.5) is 0 Å². The number of carbonyl (C=O) groups is 1. The minimum absolute atomic E-state index is 0.0429. The van der Waals surface area contributed by atoms with Crippen LogP contribution in [0.15, 0.2) is 30.5 Å². The summed E-state index contributed by atoms with van der Waals surface area (Å²) in [6.45, 7) is 3.70. The number of hydrogen-bond donors (Lipinski definition) is 1. The van der Waals surface area contributed by atoms with E-state index in [0.717, 1.165) is 5.56 Å². The van der Waals surface area contributed by atoms with Gasteiger partial charge in [0.2, 0.25) is 0 Å². The van der Waals surface area contributed by atoms with Gasteiger partial charge in [0.15, 0.2) is 5.69 Å². The summed E-state index contributed by atoms with van der Waals surface area (Å²) >= 11 is 0. The Morgan fingerprint density at radius 2 is 1.94 bits per heavy atom. The zero-order valence-electron chi connectivity index (χ0n) is 9.64. The van der Waals surface area contributed by atoms with E-state index in [1.165, 1.54) is 0 Å². The molecular formula is C13H12N2O2. The van der Waals surface area contributed by atoms with Gasteiger partial charge in [0, 0.05) is 17.5 Å². The largest absolute Gasteiger partial charge is 0.476 e. The minimum Gasteiger partial charge on any atom is -0.476 e. The summed E-state index contributed by atoms with van der Waals surface area (Å²) in [5.41, 5.74) is 2.92. The lowest BCUT2D eigenvalue weighted by Crippen LogP contribution is -2.05. The minimum atomic E-state index is -1.04. The lowest BCUT2D eigenvalue weighted by atomic mass is 10.1. The lowest BCUT2D eigenvalue weighted by Gasteiger charge is -2.05. The molecule has 0 bridgehead atoms. The van der Waals surface area contributed by atoms with Crippen molar-refractivity contribution in [1.82, 2.24) is 9.97 Å². The van der Waals surface area contributed by atoms with E-state index in [9.17, 15) is 4.79 Å². The van der Waals surface area contributed by atoms with Gasteiger partial charge in [0.25, 0.3) is 0 Å². The van der Waals surface area contributed by atoms with Gasteiger partial charge in [0.05, 0.1) is 5.69 Å². The number of carboxylic acids is 1. The molecular weight excluding hydrogens is 216 g/mol. The predicted octanol–water partition coefficient (Wildman–Crippen LogP) is 2.46. The highest BCUT2D eigenvalue weighted by Gasteiger charge is 2.14. The third-order valence-corrected chi connectivity index (χ3v) is 2.42. The van der Waals surface area contributed by atoms with Crippen molar-refractivity contribution in [3.8, 4) is 11.3 Å². The molecule has 17 heavy (non-hydrogen) atoms. The molecule has 1 N–H and O–H groups in total. The van der Waals surface area contributed by atoms with Crippen molar-refractivity contribution in [2.75, 3.05) is 0 Å². The maximum Gasteiger partial charge on any atom is 0.355 e. The average Bonchev–Trinajstić information content (AvgIpc) is 2.30. The molecule has 0 aliphatic heterocycles. The van der Waals surface area contributed by atoms with Crippen molar-refractivity contribution in [2.45, 2.75) is 13.8 Å². The highest BCUT2D eigenvalue weighted by molar-refractivity contribution is 5.93. The fraction of sp³-hybridized carbons (Fsp3) is 0.154. The van der Waals surface area contributed by atoms with Crippen LogP contribution in [-0.2, 0) is 0 Å². The average molecular weight is 228 g/mol. The quantitative estimate of drug-likeness (QED) is 0.857. The van der Waals surface area contributed by atoms with Gasteiger partial charge in [-0.1, -0.05) is 6.07 Å². The Morgan fingerprint density at radius 1 is 1.18 bits per heavy atom. The Labute approximate surface area is 99.0 Å². The third kappa shape index (κ3) is 2.30. The molecule has 86 valence electrons. The van der Waals surface area contributed by atoms with Crippen LogP contribution < -0.4 is 0 Å². The van der Waals surface area contributed by atoms with Crippen molar-refractivity contribution >= 4 is 5.97 Å². The summed E-state index contributed by atoms with van der Waals surface area (Å²) in [6, 6.07) is 7.22. The molecule has 0 radical (unpaired) electrons. The molecule has 2 aromatic rings. The molecule has 2 rings (SSSR count). The van der Waals surface area contributed by atoms with E-state index in [2.05, 4.69) is 9.97 Å². The zero-order chi connectivity index (χ0) is 12.4. The normalized spacial score (nSPS) is 10.2. The Kier molecular flexibility index (Phi) is 2.87. The predicted molar refractivity (Wildman–Crippen MR) is 63.9 cm³/mol. The van der Waals surface area contributed by atoms with E-state index in [1.807, 2.05) is 13.0 Å². The van der Waals surface area contributed by atoms with E-state index < -0.39 is 5.97 Å². The fourth-order valence-electron chi connectivity index (χ4n) is 1.55. The number of aromatic carboxylic acids is 1. The van der Waals surface area contributed by atoms with Crippen LogP contribution >= 0.6 is 0 Å². The molecule has 2 aromatic heterocycles. The van der Waals surface area contributed by atoms with Gasteiger partial charge < -0.3 is 5.11 Å². The lowest BCUT2D eigenvalue weighted by molar-refractivity contribution is 0.0691. The van der Waals surface area contributed by atoms with Crippen LogP contribution in [0.3, 0.4) is 0 Å². The van der Waals surface area contributed by atoms with Crippen molar-refractivity contribution in [2.24, 2.45) is 0 Å². The number of aromatic nitrogens is 2. The molecule has 0 aliphatic rings. The van der Waals surface area contributed by atoms with Gasteiger partial charge in [-0.15, -0.1) is 0 Å². The standard InChI is InChI=1S/C13H12N2O2/c1-8-3-6-11(14-7-8)10-5-4-9(2)15-12(10)13(16)17/h3-7H,1-2H3,(H,16,17). The zero-order valence-corrected chi connectivity index (χ0v) is 9.64. The Hall–Kier alpha value is -2.23. The second-order valence-corrected chi connectivity index (χ2v) is 3.87. The highest BCUT2D eigenvalue weighted by atomic mass is 16.4. The van der Waals surface area contributed by atoms with E-state index in [-0.39, 0.29) is 5.69 Å². The first kappa shape index (κ1) is 11.3. The molecule has 0 atom stereocenters. The Morgan fingerprint density at radius 3 is 2.53 bits per heavy atom. The Bertz CT molecular complexity index is 562. The van der Waals surface area contributed by atoms with E-state index >= 15 is 0 Å². The van der Waals surface area contributed by atoms with Crippen LogP contribution in [0.2, 0.25) is 0 Å². The first-order valence-electron chi connectivity index (χ1n) is 5.22. The highest BCUT2D eigenvalue weighted by Crippen LogP contribution is 2.21. The smallest absolute Gasteiger partial charge is 0.355 e. The number of hydrogen-bond acceptors (Lipinski definition) is 3. The molecule has 0 aliphatic carbocycles. The molecule has 4 nitrogen and oxygen atoms in total. The second kappa shape index (κ2) is 4.33. The summed E-state index contributed by atoms with van der Waals surface area (Å²) in [5, 5.41) is 9.12. The molecule has 0 saturated heterocycles. The van der Waals surface area contributed by atoms with Crippen molar-refractivity contribution in [3.05, 3.63) is 47.4 Å². The number of aryl methyl sites for hydroxylation is 2. The topological polar surface area (TPSA) is 63.1 Å². The SMILES string of the molecule is Cc1ccc(-c2ccc(C)nc2C(=O)O)nc1. The van der Waals surface area contributed by atoms with Crippen LogP contribution in [-0.4, -0.2) is 21.0 Å². The van der Waals surface area contributed by atoms with Gasteiger partial charge >= 0.3 is 5.97 Å². The van der Waals surface area contributed by atoms with Crippen LogP contribution in [0, 0.1) is 13.8 Å². The van der Waals surface area contributed by atoms with Crippen molar-refractivity contribution < 1.29 is 9.90 Å². The van der Waals surface area contributed by atoms with Crippen molar-refractivity contribution in [3.63, 3.8) is 0 Å². The third-order valence-electron chi connectivity index (χ3n) is 2.42. The molecule has 0 aromatic carbocycles. The molecule has 0 amide bonds. The fourth-order valence-corrected chi connectivity index (χ4v) is 1.55. The summed E-state index contributed by atoms with van der Waals surface area (Å²) in [6.07, 6.45) is 1.71. The van der Waals surface area contributed by atoms with E-state index in [1.54, 1.807) is 31.3 Å². The van der Waals surface area contributed by atoms with Gasteiger partial charge in [-0.3, -0.25) is 4.98 Å². The Balaban J connectivity index is 2.58. The molecule has 4 heteroatoms.